The van der Waals surface area contributed by atoms with Crippen molar-refractivity contribution in [2.75, 3.05) is 53.4 Å². The number of hydrogen-bond acceptors (Lipinski definition) is 12. The van der Waals surface area contributed by atoms with E-state index in [1.54, 1.807) is 81.6 Å². The largest absolute Gasteiger partial charge is 0.347 e. The summed E-state index contributed by atoms with van der Waals surface area (Å²) in [5, 5.41) is 18.6. The van der Waals surface area contributed by atoms with Gasteiger partial charge in [0.05, 0.1) is 34.0 Å². The van der Waals surface area contributed by atoms with Crippen LogP contribution < -0.4 is 31.9 Å². The molecule has 2 heterocycles. The zero-order valence-electron chi connectivity index (χ0n) is 48.9. The van der Waals surface area contributed by atoms with Gasteiger partial charge >= 0.3 is 0 Å². The number of carbonyl (C=O) groups excluding carboxylic acids is 6. The highest BCUT2D eigenvalue weighted by atomic mass is 32.2. The molecule has 22 heteroatoms. The molecule has 0 saturated carbocycles. The molecule has 4 aliphatic rings. The second kappa shape index (κ2) is 24.9. The van der Waals surface area contributed by atoms with E-state index in [0.717, 1.165) is 47.9 Å². The van der Waals surface area contributed by atoms with Crippen LogP contribution in [-0.2, 0) is 61.7 Å². The van der Waals surface area contributed by atoms with Crippen molar-refractivity contribution in [2.24, 2.45) is 10.8 Å². The van der Waals surface area contributed by atoms with Gasteiger partial charge in [-0.2, -0.15) is 8.61 Å². The third kappa shape index (κ3) is 13.2. The van der Waals surface area contributed by atoms with Crippen LogP contribution in [0.5, 0.6) is 0 Å². The van der Waals surface area contributed by atoms with Crippen LogP contribution in [0.15, 0.2) is 94.7 Å². The molecule has 8 rings (SSSR count). The number of fused-ring (bicyclic) bond motifs is 3. The first-order valence-electron chi connectivity index (χ1n) is 28.5. The Bertz CT molecular complexity index is 3100. The van der Waals surface area contributed by atoms with Gasteiger partial charge in [-0.15, -0.1) is 0 Å². The van der Waals surface area contributed by atoms with Gasteiger partial charge in [-0.25, -0.2) is 16.8 Å². The zero-order chi connectivity index (χ0) is 59.6. The van der Waals surface area contributed by atoms with Crippen LogP contribution in [0.1, 0.15) is 115 Å². The highest BCUT2D eigenvalue weighted by Crippen LogP contribution is 2.35. The minimum absolute atomic E-state index is 0.173. The summed E-state index contributed by atoms with van der Waals surface area (Å²) in [6.07, 6.45) is 4.58. The average Bonchev–Trinajstić information content (AvgIpc) is 3.52. The van der Waals surface area contributed by atoms with Gasteiger partial charge in [-0.1, -0.05) is 102 Å². The Kier molecular flexibility index (Phi) is 18.7. The Labute approximate surface area is 483 Å². The molecule has 0 aromatic heterocycles. The molecular weight excluding hydrogens is 1080 g/mol. The highest BCUT2D eigenvalue weighted by Gasteiger charge is 2.48. The summed E-state index contributed by atoms with van der Waals surface area (Å²) >= 11 is 0. The van der Waals surface area contributed by atoms with E-state index in [-0.39, 0.29) is 53.4 Å². The van der Waals surface area contributed by atoms with Gasteiger partial charge in [0.25, 0.3) is 0 Å². The number of nitrogens with one attached hydrogen (secondary N) is 6. The molecule has 82 heavy (non-hydrogen) atoms. The van der Waals surface area contributed by atoms with E-state index in [0.29, 0.717) is 18.2 Å². The van der Waals surface area contributed by atoms with Crippen LogP contribution in [0, 0.1) is 10.8 Å². The van der Waals surface area contributed by atoms with E-state index < -0.39 is 116 Å². The normalized spacial score (nSPS) is 21.7. The molecule has 2 aliphatic heterocycles. The van der Waals surface area contributed by atoms with E-state index in [9.17, 15) is 45.6 Å². The molecule has 4 aromatic carbocycles. The lowest BCUT2D eigenvalue weighted by atomic mass is 9.85. The second-order valence-corrected chi connectivity index (χ2v) is 28.3. The third-order valence-corrected chi connectivity index (χ3v) is 20.5. The number of hydrogen-bond donors (Lipinski definition) is 6. The van der Waals surface area contributed by atoms with Crippen LogP contribution in [0.3, 0.4) is 0 Å². The third-order valence-electron chi connectivity index (χ3n) is 16.7. The van der Waals surface area contributed by atoms with Crippen molar-refractivity contribution in [3.05, 3.63) is 107 Å². The molecule has 444 valence electrons. The molecule has 0 spiro atoms. The molecule has 6 amide bonds. The fourth-order valence-corrected chi connectivity index (χ4v) is 14.5. The fraction of sp³-hybridized carbons (Fsp3) is 0.533. The minimum Gasteiger partial charge on any atom is -0.347 e. The maximum Gasteiger partial charge on any atom is 0.246 e. The Morgan fingerprint density at radius 1 is 0.524 bits per heavy atom. The van der Waals surface area contributed by atoms with E-state index in [2.05, 4.69) is 31.9 Å². The van der Waals surface area contributed by atoms with Crippen LogP contribution in [-0.4, -0.2) is 160 Å². The van der Waals surface area contributed by atoms with Crippen molar-refractivity contribution in [2.45, 2.75) is 152 Å². The van der Waals surface area contributed by atoms with E-state index >= 15 is 0 Å². The zero-order valence-corrected chi connectivity index (χ0v) is 50.5. The molecule has 20 nitrogen and oxygen atoms in total. The molecule has 0 radical (unpaired) electrons. The number of likely N-dealkylation sites (N-methyl/N-ethyl adjacent to an activating group) is 2. The summed E-state index contributed by atoms with van der Waals surface area (Å²) in [6.45, 7) is 12.6. The van der Waals surface area contributed by atoms with Crippen LogP contribution in [0.2, 0.25) is 0 Å². The number of nitrogens with zero attached hydrogens (tertiary/aromatic N) is 4. The molecule has 2 fully saturated rings. The number of rotatable bonds is 16. The van der Waals surface area contributed by atoms with E-state index in [1.807, 2.05) is 48.5 Å². The number of piperazine rings is 2. The summed E-state index contributed by atoms with van der Waals surface area (Å²) in [5.74, 6) is -2.99. The molecular formula is C60H82N10O10S2. The number of benzene rings is 4. The lowest BCUT2D eigenvalue weighted by molar-refractivity contribution is -0.148. The van der Waals surface area contributed by atoms with Gasteiger partial charge in [-0.3, -0.25) is 28.8 Å². The van der Waals surface area contributed by atoms with Gasteiger partial charge in [0, 0.05) is 39.3 Å². The van der Waals surface area contributed by atoms with Gasteiger partial charge in [0.15, 0.2) is 0 Å². The topological polar surface area (TPSA) is 256 Å². The molecule has 6 N–H and O–H groups in total. The van der Waals surface area contributed by atoms with Crippen molar-refractivity contribution in [3.63, 3.8) is 0 Å². The molecule has 0 bridgehead atoms. The van der Waals surface area contributed by atoms with Crippen molar-refractivity contribution in [1.29, 1.82) is 0 Å². The molecule has 8 atom stereocenters. The highest BCUT2D eigenvalue weighted by molar-refractivity contribution is 7.89. The lowest BCUT2D eigenvalue weighted by Crippen LogP contribution is -2.66. The SMILES string of the molecule is CN[C@@H](C)C(=O)N[C@H](C(=O)N1CCN(S(=O)(=O)c2ccc3ccc(S(=O)(=O)N4CCN(C(=O)[C@@H](NC(=O)[C@H](C)NC)C(C)(C)C)[C@H](C(=O)N[C@@H]5CCCc6ccccc65)C4)cc3c2)C[C@H]1C(=O)N[C@@H]1CCCc2ccccc21)C(C)(C)C. The second-order valence-electron chi connectivity index (χ2n) is 24.4. The summed E-state index contributed by atoms with van der Waals surface area (Å²) in [4.78, 5) is 88.0. The van der Waals surface area contributed by atoms with Crippen LogP contribution >= 0.6 is 0 Å². The summed E-state index contributed by atoms with van der Waals surface area (Å²) in [5.41, 5.74) is 2.48. The minimum atomic E-state index is -4.43. The smallest absolute Gasteiger partial charge is 0.246 e. The van der Waals surface area contributed by atoms with Crippen LogP contribution in [0.25, 0.3) is 10.8 Å². The van der Waals surface area contributed by atoms with Crippen molar-refractivity contribution >= 4 is 66.3 Å². The molecule has 2 aliphatic carbocycles. The maximum absolute atomic E-state index is 14.9. The quantitative estimate of drug-likeness (QED) is 0.0935. The molecule has 0 unspecified atom stereocenters. The summed E-state index contributed by atoms with van der Waals surface area (Å²) in [7, 11) is -5.60. The summed E-state index contributed by atoms with van der Waals surface area (Å²) < 4.78 is 62.0. The standard InChI is InChI=1S/C60H82N10O10S2/c1-37(61-9)53(71)65-51(59(3,4)5)57(75)69-31-29-67(35-49(69)55(73)63-47-23-15-19-40-17-11-13-21-45(40)47)81(77,78)43-27-25-39-26-28-44(34-42(39)33-43)82(79,80)68-30-32-70(58(76)52(60(6,7)8)66-54(72)38(2)62-10)50(36-68)56(74)64-48-24-16-20-41-18-12-14-22-46(41)48/h11-14,17-18,21-22,25-28,33-34,37-38,47-52,61-62H,15-16,19-20,23-24,29-32,35-36H2,1-10H3,(H,63,73)(H,64,74)(H,65,71)(H,66,72)/t37-,38-,47+,48+,49-,50-,51+,52+/m0/s1. The first kappa shape index (κ1) is 61.8. The first-order valence-corrected chi connectivity index (χ1v) is 31.4. The number of carbonyl (C=O) groups is 6. The monoisotopic (exact) mass is 1170 g/mol. The van der Waals surface area contributed by atoms with Crippen molar-refractivity contribution in [1.82, 2.24) is 50.3 Å². The summed E-state index contributed by atoms with van der Waals surface area (Å²) in [6, 6.07) is 17.6. The molecule has 4 aromatic rings. The predicted molar refractivity (Wildman–Crippen MR) is 313 cm³/mol. The Balaban J connectivity index is 1.08. The van der Waals surface area contributed by atoms with Gasteiger partial charge in [-0.05, 0) is 135 Å². The number of sulfonamides is 2. The fourth-order valence-electron chi connectivity index (χ4n) is 11.5. The van der Waals surface area contributed by atoms with Crippen LogP contribution in [0.4, 0.5) is 0 Å². The van der Waals surface area contributed by atoms with Gasteiger partial charge < -0.3 is 41.7 Å². The molecule has 2 saturated heterocycles. The van der Waals surface area contributed by atoms with Crippen molar-refractivity contribution in [3.8, 4) is 0 Å². The Morgan fingerprint density at radius 3 is 1.27 bits per heavy atom. The Morgan fingerprint density at radius 2 is 0.902 bits per heavy atom. The maximum atomic E-state index is 14.9. The van der Waals surface area contributed by atoms with Crippen molar-refractivity contribution < 1.29 is 45.6 Å². The lowest BCUT2D eigenvalue weighted by Gasteiger charge is -2.44. The van der Waals surface area contributed by atoms with Gasteiger partial charge in [0.2, 0.25) is 55.5 Å². The number of amides is 6. The van der Waals surface area contributed by atoms with E-state index in [1.165, 1.54) is 42.7 Å². The number of aryl methyl sites for hydroxylation is 2. The average molecular weight is 1170 g/mol. The van der Waals surface area contributed by atoms with E-state index in [4.69, 9.17) is 0 Å². The van der Waals surface area contributed by atoms with Gasteiger partial charge in [0.1, 0.15) is 24.2 Å². The first-order chi connectivity index (χ1) is 38.6. The predicted octanol–water partition coefficient (Wildman–Crippen LogP) is 3.91. The Hall–Kier alpha value is -6.30.